The maximum Gasteiger partial charge on any atom is 0.315 e. The van der Waals surface area contributed by atoms with Gasteiger partial charge >= 0.3 is 6.03 Å². The third-order valence-electron chi connectivity index (χ3n) is 5.69. The van der Waals surface area contributed by atoms with E-state index in [4.69, 9.17) is 4.74 Å². The number of rotatable bonds is 5. The molecule has 0 radical (unpaired) electrons. The zero-order valence-corrected chi connectivity index (χ0v) is 14.4. The van der Waals surface area contributed by atoms with Crippen LogP contribution < -0.4 is 15.4 Å². The highest BCUT2D eigenvalue weighted by atomic mass is 16.5. The smallest absolute Gasteiger partial charge is 0.315 e. The summed E-state index contributed by atoms with van der Waals surface area (Å²) in [4.78, 5) is 14.7. The molecule has 5 nitrogen and oxygen atoms in total. The number of hydrogen-bond donors (Lipinski definition) is 2. The van der Waals surface area contributed by atoms with Gasteiger partial charge in [0.05, 0.1) is 6.04 Å². The minimum absolute atomic E-state index is 0.0383. The number of carbonyl (C=O) groups is 1. The summed E-state index contributed by atoms with van der Waals surface area (Å²) in [6.07, 6.45) is 6.86. The van der Waals surface area contributed by atoms with E-state index in [1.165, 1.54) is 19.3 Å². The molecule has 5 heteroatoms. The van der Waals surface area contributed by atoms with Crippen molar-refractivity contribution in [2.45, 2.75) is 56.2 Å². The largest absolute Gasteiger partial charge is 0.487 e. The van der Waals surface area contributed by atoms with Gasteiger partial charge in [0.1, 0.15) is 11.4 Å². The number of ether oxygens (including phenoxy) is 1. The van der Waals surface area contributed by atoms with Crippen LogP contribution in [0.5, 0.6) is 5.75 Å². The second-order valence-electron chi connectivity index (χ2n) is 7.55. The molecule has 2 N–H and O–H groups in total. The number of para-hydroxylation sites is 1. The number of fused-ring (bicyclic) bond motifs is 1. The van der Waals surface area contributed by atoms with E-state index in [1.54, 1.807) is 0 Å². The third-order valence-corrected chi connectivity index (χ3v) is 5.69. The van der Waals surface area contributed by atoms with E-state index in [0.29, 0.717) is 6.54 Å². The summed E-state index contributed by atoms with van der Waals surface area (Å²) in [6.45, 7) is 1.60. The van der Waals surface area contributed by atoms with E-state index in [9.17, 15) is 4.79 Å². The van der Waals surface area contributed by atoms with Crippen molar-refractivity contribution in [2.75, 3.05) is 20.1 Å². The number of nitrogens with zero attached hydrogens (tertiary/aromatic N) is 1. The first-order valence-electron chi connectivity index (χ1n) is 9.18. The van der Waals surface area contributed by atoms with E-state index in [0.717, 1.165) is 43.2 Å². The highest BCUT2D eigenvalue weighted by Gasteiger charge is 2.45. The molecule has 0 unspecified atom stereocenters. The lowest BCUT2D eigenvalue weighted by Crippen LogP contribution is -2.51. The summed E-state index contributed by atoms with van der Waals surface area (Å²) in [6, 6.07) is 8.79. The lowest BCUT2D eigenvalue weighted by Gasteiger charge is -2.48. The van der Waals surface area contributed by atoms with Gasteiger partial charge in [-0.2, -0.15) is 0 Å². The molecule has 1 spiro atoms. The molecular weight excluding hydrogens is 302 g/mol. The number of carbonyl (C=O) groups excluding carboxylic acids is 1. The molecule has 2 amide bonds. The summed E-state index contributed by atoms with van der Waals surface area (Å²) < 4.78 is 6.23. The van der Waals surface area contributed by atoms with Gasteiger partial charge in [-0.1, -0.05) is 18.2 Å². The predicted octanol–water partition coefficient (Wildman–Crippen LogP) is 2.83. The van der Waals surface area contributed by atoms with Gasteiger partial charge in [-0.15, -0.1) is 0 Å². The van der Waals surface area contributed by atoms with Crippen LogP contribution in [0.1, 0.15) is 50.1 Å². The Morgan fingerprint density at radius 2 is 2.12 bits per heavy atom. The topological polar surface area (TPSA) is 53.6 Å². The Balaban J connectivity index is 1.35. The SMILES string of the molecule is CN(CCNC(=O)N[C@H]1CC2(CCC2)Oc2ccccc21)C1CC1. The normalized spacial score (nSPS) is 24.0. The fourth-order valence-corrected chi connectivity index (χ4v) is 3.88. The van der Waals surface area contributed by atoms with Crippen molar-refractivity contribution in [3.05, 3.63) is 29.8 Å². The van der Waals surface area contributed by atoms with Crippen LogP contribution in [0, 0.1) is 0 Å². The number of likely N-dealkylation sites (N-methyl/N-ethyl adjacent to an activating group) is 1. The summed E-state index contributed by atoms with van der Waals surface area (Å²) in [5.41, 5.74) is 1.04. The number of hydrogen-bond acceptors (Lipinski definition) is 3. The zero-order chi connectivity index (χ0) is 16.6. The van der Waals surface area contributed by atoms with E-state index >= 15 is 0 Å². The fourth-order valence-electron chi connectivity index (χ4n) is 3.88. The van der Waals surface area contributed by atoms with Crippen molar-refractivity contribution in [3.8, 4) is 5.75 Å². The second-order valence-corrected chi connectivity index (χ2v) is 7.55. The molecule has 0 aromatic heterocycles. The third kappa shape index (κ3) is 3.22. The van der Waals surface area contributed by atoms with Gasteiger partial charge in [-0.3, -0.25) is 0 Å². The highest BCUT2D eigenvalue weighted by molar-refractivity contribution is 5.74. The summed E-state index contributed by atoms with van der Waals surface area (Å²) in [5.74, 6) is 0.933. The number of amides is 2. The summed E-state index contributed by atoms with van der Waals surface area (Å²) >= 11 is 0. The maximum atomic E-state index is 12.3. The fraction of sp³-hybridized carbons (Fsp3) is 0.632. The molecule has 24 heavy (non-hydrogen) atoms. The Morgan fingerprint density at radius 3 is 2.83 bits per heavy atom. The van der Waals surface area contributed by atoms with Gasteiger partial charge in [0.2, 0.25) is 0 Å². The van der Waals surface area contributed by atoms with Gasteiger partial charge in [-0.05, 0) is 45.2 Å². The van der Waals surface area contributed by atoms with Crippen molar-refractivity contribution in [1.29, 1.82) is 0 Å². The van der Waals surface area contributed by atoms with Crippen LogP contribution in [0.15, 0.2) is 24.3 Å². The van der Waals surface area contributed by atoms with Gasteiger partial charge < -0.3 is 20.3 Å². The Hall–Kier alpha value is -1.75. The van der Waals surface area contributed by atoms with Crippen LogP contribution in [0.25, 0.3) is 0 Å². The van der Waals surface area contributed by atoms with Gasteiger partial charge in [0.25, 0.3) is 0 Å². The lowest BCUT2D eigenvalue weighted by atomic mass is 9.73. The van der Waals surface area contributed by atoms with Crippen molar-refractivity contribution in [3.63, 3.8) is 0 Å². The van der Waals surface area contributed by atoms with Crippen molar-refractivity contribution >= 4 is 6.03 Å². The highest BCUT2D eigenvalue weighted by Crippen LogP contribution is 2.48. The predicted molar refractivity (Wildman–Crippen MR) is 93.2 cm³/mol. The van der Waals surface area contributed by atoms with E-state index in [-0.39, 0.29) is 17.7 Å². The monoisotopic (exact) mass is 329 g/mol. The van der Waals surface area contributed by atoms with Crippen LogP contribution in [0.4, 0.5) is 4.79 Å². The number of benzene rings is 1. The molecule has 2 aliphatic carbocycles. The van der Waals surface area contributed by atoms with E-state index in [1.807, 2.05) is 18.2 Å². The molecule has 2 saturated carbocycles. The first kappa shape index (κ1) is 15.8. The number of nitrogens with one attached hydrogen (secondary N) is 2. The average Bonchev–Trinajstić information content (AvgIpc) is 3.38. The Labute approximate surface area is 143 Å². The zero-order valence-electron chi connectivity index (χ0n) is 14.4. The quantitative estimate of drug-likeness (QED) is 0.873. The van der Waals surface area contributed by atoms with Crippen molar-refractivity contribution in [1.82, 2.24) is 15.5 Å². The van der Waals surface area contributed by atoms with Crippen LogP contribution >= 0.6 is 0 Å². The molecule has 0 bridgehead atoms. The standard InChI is InChI=1S/C19H27N3O2/c1-22(14-7-8-14)12-11-20-18(23)21-16-13-19(9-4-10-19)24-17-6-3-2-5-15(16)17/h2-3,5-6,14,16H,4,7-13H2,1H3,(H2,20,21,23)/t16-/m0/s1. The van der Waals surface area contributed by atoms with Crippen LogP contribution in [-0.2, 0) is 0 Å². The molecule has 1 aliphatic heterocycles. The summed E-state index contributed by atoms with van der Waals surface area (Å²) in [5, 5.41) is 6.17. The average molecular weight is 329 g/mol. The molecule has 130 valence electrons. The summed E-state index contributed by atoms with van der Waals surface area (Å²) in [7, 11) is 2.13. The Bertz CT molecular complexity index is 610. The van der Waals surface area contributed by atoms with E-state index in [2.05, 4.69) is 28.6 Å². The van der Waals surface area contributed by atoms with Gasteiger partial charge in [0.15, 0.2) is 0 Å². The molecule has 1 aromatic carbocycles. The van der Waals surface area contributed by atoms with Crippen molar-refractivity contribution < 1.29 is 9.53 Å². The van der Waals surface area contributed by atoms with Crippen molar-refractivity contribution in [2.24, 2.45) is 0 Å². The Morgan fingerprint density at radius 1 is 1.33 bits per heavy atom. The molecular formula is C19H27N3O2. The molecule has 1 aromatic rings. The second kappa shape index (κ2) is 6.28. The van der Waals surface area contributed by atoms with Crippen LogP contribution in [0.3, 0.4) is 0 Å². The molecule has 4 rings (SSSR count). The lowest BCUT2D eigenvalue weighted by molar-refractivity contribution is -0.0355. The maximum absolute atomic E-state index is 12.3. The van der Waals surface area contributed by atoms with E-state index < -0.39 is 0 Å². The first-order chi connectivity index (χ1) is 11.7. The number of urea groups is 1. The minimum atomic E-state index is -0.0737. The molecule has 3 aliphatic rings. The molecule has 0 saturated heterocycles. The minimum Gasteiger partial charge on any atom is -0.487 e. The van der Waals surface area contributed by atoms with Crippen LogP contribution in [-0.4, -0.2) is 42.7 Å². The molecule has 2 fully saturated rings. The molecule has 1 heterocycles. The first-order valence-corrected chi connectivity index (χ1v) is 9.18. The molecule has 1 atom stereocenters. The van der Waals surface area contributed by atoms with Crippen LogP contribution in [0.2, 0.25) is 0 Å². The Kier molecular flexibility index (Phi) is 4.12. The van der Waals surface area contributed by atoms with Gasteiger partial charge in [0, 0.05) is 31.1 Å². The van der Waals surface area contributed by atoms with Gasteiger partial charge in [-0.25, -0.2) is 4.79 Å².